The maximum Gasteiger partial charge on any atom is 0.252 e. The van der Waals surface area contributed by atoms with E-state index in [-0.39, 0.29) is 23.5 Å². The fourth-order valence-corrected chi connectivity index (χ4v) is 3.86. The summed E-state index contributed by atoms with van der Waals surface area (Å²) < 4.78 is 22.9. The maximum absolute atomic E-state index is 12.0. The molecule has 1 unspecified atom stereocenters. The van der Waals surface area contributed by atoms with Crippen LogP contribution in [0.3, 0.4) is 0 Å². The summed E-state index contributed by atoms with van der Waals surface area (Å²) in [6.45, 7) is 4.66. The predicted molar refractivity (Wildman–Crippen MR) is 82.1 cm³/mol. The minimum atomic E-state index is -2.92. The summed E-state index contributed by atoms with van der Waals surface area (Å²) in [6, 6.07) is 1.60. The Morgan fingerprint density at radius 2 is 2.19 bits per heavy atom. The van der Waals surface area contributed by atoms with E-state index in [0.717, 1.165) is 0 Å². The number of carbonyl (C=O) groups excluding carboxylic acids is 1. The highest BCUT2D eigenvalue weighted by atomic mass is 32.2. The third kappa shape index (κ3) is 4.70. The fourth-order valence-electron chi connectivity index (χ4n) is 2.19. The molecule has 2 heterocycles. The third-order valence-corrected chi connectivity index (χ3v) is 5.04. The number of aromatic nitrogens is 1. The Labute approximate surface area is 125 Å². The topological polar surface area (TPSA) is 88.2 Å². The van der Waals surface area contributed by atoms with Crippen molar-refractivity contribution in [3.63, 3.8) is 0 Å². The molecule has 6 nitrogen and oxygen atoms in total. The number of rotatable bonds is 5. The molecule has 21 heavy (non-hydrogen) atoms. The smallest absolute Gasteiger partial charge is 0.252 e. The van der Waals surface area contributed by atoms with Crippen molar-refractivity contribution >= 4 is 21.4 Å². The Kier molecular flexibility index (Phi) is 4.82. The van der Waals surface area contributed by atoms with E-state index >= 15 is 0 Å². The molecule has 1 aliphatic rings. The monoisotopic (exact) mass is 311 g/mol. The minimum absolute atomic E-state index is 0.106. The minimum Gasteiger partial charge on any atom is -0.380 e. The van der Waals surface area contributed by atoms with E-state index in [1.54, 1.807) is 12.3 Å². The molecule has 2 N–H and O–H groups in total. The fraction of sp³-hybridized carbons (Fsp3) is 0.571. The molecule has 0 saturated carbocycles. The highest BCUT2D eigenvalue weighted by molar-refractivity contribution is 7.91. The summed E-state index contributed by atoms with van der Waals surface area (Å²) in [5.41, 5.74) is 1.15. The van der Waals surface area contributed by atoms with Crippen LogP contribution >= 0.6 is 0 Å². The Hall–Kier alpha value is -1.63. The number of carbonyl (C=O) groups is 1. The van der Waals surface area contributed by atoms with Gasteiger partial charge in [0, 0.05) is 25.0 Å². The Morgan fingerprint density at radius 1 is 1.43 bits per heavy atom. The van der Waals surface area contributed by atoms with Crippen LogP contribution in [0, 0.1) is 5.92 Å². The van der Waals surface area contributed by atoms with E-state index in [9.17, 15) is 13.2 Å². The third-order valence-electron chi connectivity index (χ3n) is 3.27. The van der Waals surface area contributed by atoms with Crippen molar-refractivity contribution in [3.8, 4) is 0 Å². The largest absolute Gasteiger partial charge is 0.380 e. The average molecular weight is 311 g/mol. The molecule has 1 saturated heterocycles. The number of nitrogens with one attached hydrogen (secondary N) is 2. The summed E-state index contributed by atoms with van der Waals surface area (Å²) in [5.74, 6) is 0.564. The lowest BCUT2D eigenvalue weighted by Crippen LogP contribution is -2.27. The quantitative estimate of drug-likeness (QED) is 0.849. The standard InChI is InChI=1S/C14H21N3O3S/c1-10(2)6-16-14(18)11-5-13(8-15-7-11)17-12-3-4-21(19,20)9-12/h5,7-8,10,12,17H,3-4,6,9H2,1-2H3,(H,16,18). The molecule has 0 aromatic carbocycles. The highest BCUT2D eigenvalue weighted by Gasteiger charge is 2.27. The van der Waals surface area contributed by atoms with Crippen LogP contribution in [-0.2, 0) is 9.84 Å². The Bertz CT molecular complexity index is 614. The number of pyridine rings is 1. The van der Waals surface area contributed by atoms with Crippen molar-refractivity contribution in [1.29, 1.82) is 0 Å². The number of hydrogen-bond donors (Lipinski definition) is 2. The van der Waals surface area contributed by atoms with Crippen molar-refractivity contribution in [2.75, 3.05) is 23.4 Å². The lowest BCUT2D eigenvalue weighted by atomic mass is 10.2. The van der Waals surface area contributed by atoms with E-state index in [2.05, 4.69) is 15.6 Å². The highest BCUT2D eigenvalue weighted by Crippen LogP contribution is 2.17. The van der Waals surface area contributed by atoms with E-state index in [1.165, 1.54) is 6.20 Å². The predicted octanol–water partition coefficient (Wildman–Crippen LogP) is 1.07. The zero-order valence-corrected chi connectivity index (χ0v) is 13.1. The zero-order valence-electron chi connectivity index (χ0n) is 12.3. The number of sulfone groups is 1. The van der Waals surface area contributed by atoms with Gasteiger partial charge in [0.15, 0.2) is 9.84 Å². The van der Waals surface area contributed by atoms with Crippen molar-refractivity contribution < 1.29 is 13.2 Å². The SMILES string of the molecule is CC(C)CNC(=O)c1cncc(NC2CCS(=O)(=O)C2)c1. The zero-order chi connectivity index (χ0) is 15.5. The molecular weight excluding hydrogens is 290 g/mol. The van der Waals surface area contributed by atoms with Crippen LogP contribution < -0.4 is 10.6 Å². The van der Waals surface area contributed by atoms with Crippen LogP contribution in [-0.4, -0.2) is 43.4 Å². The van der Waals surface area contributed by atoms with Crippen LogP contribution in [0.2, 0.25) is 0 Å². The molecule has 1 aliphatic heterocycles. The first-order chi connectivity index (χ1) is 9.85. The Morgan fingerprint density at radius 3 is 2.81 bits per heavy atom. The second-order valence-corrected chi connectivity index (χ2v) is 8.04. The molecule has 1 aromatic rings. The van der Waals surface area contributed by atoms with E-state index < -0.39 is 9.84 Å². The maximum atomic E-state index is 12.0. The summed E-state index contributed by atoms with van der Waals surface area (Å²) >= 11 is 0. The van der Waals surface area contributed by atoms with E-state index in [4.69, 9.17) is 0 Å². The van der Waals surface area contributed by atoms with Crippen molar-refractivity contribution in [2.24, 2.45) is 5.92 Å². The second kappa shape index (κ2) is 6.43. The first-order valence-electron chi connectivity index (χ1n) is 7.06. The van der Waals surface area contributed by atoms with Crippen molar-refractivity contribution in [3.05, 3.63) is 24.0 Å². The second-order valence-electron chi connectivity index (χ2n) is 5.81. The van der Waals surface area contributed by atoms with Gasteiger partial charge in [0.25, 0.3) is 5.91 Å². The van der Waals surface area contributed by atoms with Gasteiger partial charge in [-0.15, -0.1) is 0 Å². The average Bonchev–Trinajstić information content (AvgIpc) is 2.75. The number of hydrogen-bond acceptors (Lipinski definition) is 5. The van der Waals surface area contributed by atoms with Crippen LogP contribution in [0.15, 0.2) is 18.5 Å². The van der Waals surface area contributed by atoms with Gasteiger partial charge in [0.1, 0.15) is 0 Å². The van der Waals surface area contributed by atoms with Crippen molar-refractivity contribution in [2.45, 2.75) is 26.3 Å². The number of anilines is 1. The molecule has 1 aromatic heterocycles. The molecule has 0 radical (unpaired) electrons. The van der Waals surface area contributed by atoms with Crippen LogP contribution in [0.4, 0.5) is 5.69 Å². The van der Waals surface area contributed by atoms with E-state index in [1.807, 2.05) is 13.8 Å². The molecule has 7 heteroatoms. The normalized spacial score (nSPS) is 20.4. The van der Waals surface area contributed by atoms with Gasteiger partial charge in [-0.25, -0.2) is 8.42 Å². The number of nitrogens with zero attached hydrogens (tertiary/aromatic N) is 1. The van der Waals surface area contributed by atoms with Gasteiger partial charge in [-0.2, -0.15) is 0 Å². The molecule has 0 bridgehead atoms. The lowest BCUT2D eigenvalue weighted by Gasteiger charge is -2.13. The molecule has 1 amide bonds. The van der Waals surface area contributed by atoms with Crippen LogP contribution in [0.1, 0.15) is 30.6 Å². The van der Waals surface area contributed by atoms with Gasteiger partial charge in [-0.1, -0.05) is 13.8 Å². The van der Waals surface area contributed by atoms with Gasteiger partial charge in [-0.05, 0) is 18.4 Å². The molecule has 0 aliphatic carbocycles. The Balaban J connectivity index is 1.99. The van der Waals surface area contributed by atoms with Crippen LogP contribution in [0.5, 0.6) is 0 Å². The van der Waals surface area contributed by atoms with Crippen molar-refractivity contribution in [1.82, 2.24) is 10.3 Å². The summed E-state index contributed by atoms with van der Waals surface area (Å²) in [7, 11) is -2.92. The molecule has 1 atom stereocenters. The molecular formula is C14H21N3O3S. The first kappa shape index (κ1) is 15.8. The van der Waals surface area contributed by atoms with Gasteiger partial charge in [-0.3, -0.25) is 9.78 Å². The van der Waals surface area contributed by atoms with Gasteiger partial charge >= 0.3 is 0 Å². The summed E-state index contributed by atoms with van der Waals surface area (Å²) in [6.07, 6.45) is 3.70. The number of amides is 1. The molecule has 1 fully saturated rings. The summed E-state index contributed by atoms with van der Waals surface area (Å²) in [4.78, 5) is 16.0. The first-order valence-corrected chi connectivity index (χ1v) is 8.88. The summed E-state index contributed by atoms with van der Waals surface area (Å²) in [5, 5.41) is 5.96. The molecule has 116 valence electrons. The molecule has 2 rings (SSSR count). The van der Waals surface area contributed by atoms with Gasteiger partial charge in [0.05, 0.1) is 22.8 Å². The van der Waals surface area contributed by atoms with Gasteiger partial charge < -0.3 is 10.6 Å². The van der Waals surface area contributed by atoms with Gasteiger partial charge in [0.2, 0.25) is 0 Å². The molecule has 0 spiro atoms. The van der Waals surface area contributed by atoms with E-state index in [0.29, 0.717) is 30.1 Å². The van der Waals surface area contributed by atoms with Crippen LogP contribution in [0.25, 0.3) is 0 Å². The lowest BCUT2D eigenvalue weighted by molar-refractivity contribution is 0.0948.